The van der Waals surface area contributed by atoms with Crippen molar-refractivity contribution in [2.75, 3.05) is 23.4 Å². The van der Waals surface area contributed by atoms with Crippen molar-refractivity contribution < 1.29 is 18.7 Å². The Kier molecular flexibility index (Phi) is 2.97. The molecule has 2 N–H and O–H groups in total. The van der Waals surface area contributed by atoms with Crippen LogP contribution in [0.15, 0.2) is 12.1 Å². The van der Waals surface area contributed by atoms with Gasteiger partial charge < -0.3 is 15.3 Å². The molecule has 1 heterocycles. The SMILES string of the molecule is CC1Nc2cc(F)c(F)cc2N(CCO)C1=O. The number of hydrogen-bond donors (Lipinski definition) is 2. The summed E-state index contributed by atoms with van der Waals surface area (Å²) in [5, 5.41) is 11.7. The van der Waals surface area contributed by atoms with Crippen LogP contribution in [-0.2, 0) is 4.79 Å². The van der Waals surface area contributed by atoms with Crippen LogP contribution in [0.4, 0.5) is 20.2 Å². The Labute approximate surface area is 96.8 Å². The fourth-order valence-corrected chi connectivity index (χ4v) is 1.85. The van der Waals surface area contributed by atoms with Crippen molar-refractivity contribution in [3.05, 3.63) is 23.8 Å². The Morgan fingerprint density at radius 1 is 1.41 bits per heavy atom. The standard InChI is InChI=1S/C11H12F2N2O2/c1-6-11(17)15(2-3-16)10-5-8(13)7(12)4-9(10)14-6/h4-6,14,16H,2-3H2,1H3. The molecule has 0 saturated carbocycles. The lowest BCUT2D eigenvalue weighted by molar-refractivity contribution is -0.119. The highest BCUT2D eigenvalue weighted by Crippen LogP contribution is 2.33. The van der Waals surface area contributed by atoms with Crippen LogP contribution < -0.4 is 10.2 Å². The van der Waals surface area contributed by atoms with Gasteiger partial charge in [0.25, 0.3) is 0 Å². The van der Waals surface area contributed by atoms with E-state index in [0.717, 1.165) is 12.1 Å². The van der Waals surface area contributed by atoms with Gasteiger partial charge >= 0.3 is 0 Å². The number of hydrogen-bond acceptors (Lipinski definition) is 3. The van der Waals surface area contributed by atoms with E-state index in [4.69, 9.17) is 5.11 Å². The fraction of sp³-hybridized carbons (Fsp3) is 0.364. The zero-order valence-corrected chi connectivity index (χ0v) is 9.20. The van der Waals surface area contributed by atoms with E-state index in [1.807, 2.05) is 0 Å². The number of benzene rings is 1. The number of rotatable bonds is 2. The summed E-state index contributed by atoms with van der Waals surface area (Å²) < 4.78 is 26.2. The van der Waals surface area contributed by atoms with Crippen molar-refractivity contribution in [2.24, 2.45) is 0 Å². The van der Waals surface area contributed by atoms with Gasteiger partial charge in [0.1, 0.15) is 6.04 Å². The van der Waals surface area contributed by atoms with Crippen LogP contribution in [0.25, 0.3) is 0 Å². The number of anilines is 2. The van der Waals surface area contributed by atoms with Gasteiger partial charge in [-0.3, -0.25) is 4.79 Å². The zero-order chi connectivity index (χ0) is 12.6. The molecule has 1 aromatic carbocycles. The van der Waals surface area contributed by atoms with Gasteiger partial charge in [-0.2, -0.15) is 0 Å². The maximum absolute atomic E-state index is 13.1. The van der Waals surface area contributed by atoms with Gasteiger partial charge in [0.05, 0.1) is 18.0 Å². The molecule has 0 radical (unpaired) electrons. The number of carbonyl (C=O) groups excluding carboxylic acids is 1. The lowest BCUT2D eigenvalue weighted by atomic mass is 10.1. The van der Waals surface area contributed by atoms with Crippen LogP contribution >= 0.6 is 0 Å². The summed E-state index contributed by atoms with van der Waals surface area (Å²) in [6.45, 7) is 1.44. The summed E-state index contributed by atoms with van der Waals surface area (Å²) in [5.74, 6) is -2.27. The molecular formula is C11H12F2N2O2. The largest absolute Gasteiger partial charge is 0.395 e. The second kappa shape index (κ2) is 4.29. The van der Waals surface area contributed by atoms with Crippen molar-refractivity contribution in [1.82, 2.24) is 0 Å². The van der Waals surface area contributed by atoms with E-state index in [9.17, 15) is 13.6 Å². The van der Waals surface area contributed by atoms with E-state index in [2.05, 4.69) is 5.32 Å². The predicted molar refractivity (Wildman–Crippen MR) is 58.9 cm³/mol. The average molecular weight is 242 g/mol. The average Bonchev–Trinajstić information content (AvgIpc) is 2.28. The highest BCUT2D eigenvalue weighted by Gasteiger charge is 2.30. The quantitative estimate of drug-likeness (QED) is 0.816. The van der Waals surface area contributed by atoms with Crippen molar-refractivity contribution in [3.63, 3.8) is 0 Å². The third-order valence-corrected chi connectivity index (χ3v) is 2.66. The van der Waals surface area contributed by atoms with Gasteiger partial charge in [-0.05, 0) is 6.92 Å². The Bertz CT molecular complexity index is 465. The first-order valence-electron chi connectivity index (χ1n) is 5.22. The van der Waals surface area contributed by atoms with Crippen LogP contribution in [0, 0.1) is 11.6 Å². The highest BCUT2D eigenvalue weighted by molar-refractivity contribution is 6.04. The number of nitrogens with one attached hydrogen (secondary N) is 1. The van der Waals surface area contributed by atoms with E-state index >= 15 is 0 Å². The molecular weight excluding hydrogens is 230 g/mol. The molecule has 1 aliphatic heterocycles. The molecule has 0 bridgehead atoms. The minimum absolute atomic E-state index is 0.0585. The molecule has 92 valence electrons. The second-order valence-corrected chi connectivity index (χ2v) is 3.86. The highest BCUT2D eigenvalue weighted by atomic mass is 19.2. The van der Waals surface area contributed by atoms with Crippen LogP contribution in [0.5, 0.6) is 0 Å². The van der Waals surface area contributed by atoms with Crippen molar-refractivity contribution in [3.8, 4) is 0 Å². The van der Waals surface area contributed by atoms with E-state index in [1.54, 1.807) is 6.92 Å². The number of aliphatic hydroxyl groups excluding tert-OH is 1. The van der Waals surface area contributed by atoms with E-state index in [-0.39, 0.29) is 24.7 Å². The number of carbonyl (C=O) groups is 1. The van der Waals surface area contributed by atoms with Crippen molar-refractivity contribution >= 4 is 17.3 Å². The zero-order valence-electron chi connectivity index (χ0n) is 9.20. The maximum Gasteiger partial charge on any atom is 0.249 e. The molecule has 1 amide bonds. The summed E-state index contributed by atoms with van der Waals surface area (Å²) in [6.07, 6.45) is 0. The maximum atomic E-state index is 13.1. The normalized spacial score (nSPS) is 18.9. The Morgan fingerprint density at radius 2 is 2.06 bits per heavy atom. The first-order valence-corrected chi connectivity index (χ1v) is 5.22. The molecule has 1 unspecified atom stereocenters. The number of halogens is 2. The van der Waals surface area contributed by atoms with Crippen LogP contribution in [0.3, 0.4) is 0 Å². The first kappa shape index (κ1) is 11.8. The lowest BCUT2D eigenvalue weighted by Crippen LogP contribution is -2.47. The third-order valence-electron chi connectivity index (χ3n) is 2.66. The summed E-state index contributed by atoms with van der Waals surface area (Å²) in [7, 11) is 0. The monoisotopic (exact) mass is 242 g/mol. The Morgan fingerprint density at radius 3 is 2.71 bits per heavy atom. The summed E-state index contributed by atoms with van der Waals surface area (Å²) in [4.78, 5) is 13.1. The molecule has 4 nitrogen and oxygen atoms in total. The minimum Gasteiger partial charge on any atom is -0.395 e. The summed E-state index contributed by atoms with van der Waals surface area (Å²) in [6, 6.07) is 1.44. The molecule has 0 spiro atoms. The molecule has 1 aliphatic rings. The van der Waals surface area contributed by atoms with Crippen molar-refractivity contribution in [2.45, 2.75) is 13.0 Å². The van der Waals surface area contributed by atoms with Crippen LogP contribution in [0.1, 0.15) is 6.92 Å². The van der Waals surface area contributed by atoms with E-state index in [0.29, 0.717) is 5.69 Å². The van der Waals surface area contributed by atoms with E-state index in [1.165, 1.54) is 4.90 Å². The number of amides is 1. The first-order chi connectivity index (χ1) is 8.04. The van der Waals surface area contributed by atoms with Crippen LogP contribution in [-0.4, -0.2) is 30.2 Å². The Hall–Kier alpha value is -1.69. The number of fused-ring (bicyclic) bond motifs is 1. The molecule has 1 atom stereocenters. The predicted octanol–water partition coefficient (Wildman–Crippen LogP) is 1.10. The number of β-amino-alcohol motifs (C(OH)–C–C–N with tert-alkyl or cyclic N) is 1. The summed E-state index contributed by atoms with van der Waals surface area (Å²) >= 11 is 0. The van der Waals surface area contributed by atoms with Crippen LogP contribution in [0.2, 0.25) is 0 Å². The summed E-state index contributed by atoms with van der Waals surface area (Å²) in [5.41, 5.74) is 0.602. The molecule has 1 aromatic rings. The van der Waals surface area contributed by atoms with Gasteiger partial charge in [-0.25, -0.2) is 8.78 Å². The van der Waals surface area contributed by atoms with Gasteiger partial charge in [0.2, 0.25) is 5.91 Å². The fourth-order valence-electron chi connectivity index (χ4n) is 1.85. The smallest absolute Gasteiger partial charge is 0.249 e. The number of nitrogens with zero attached hydrogens (tertiary/aromatic N) is 1. The van der Waals surface area contributed by atoms with Gasteiger partial charge in [0.15, 0.2) is 11.6 Å². The third kappa shape index (κ3) is 1.95. The Balaban J connectivity index is 2.50. The van der Waals surface area contributed by atoms with Crippen molar-refractivity contribution in [1.29, 1.82) is 0 Å². The molecule has 0 aromatic heterocycles. The molecule has 0 fully saturated rings. The molecule has 2 rings (SSSR count). The molecule has 0 aliphatic carbocycles. The lowest BCUT2D eigenvalue weighted by Gasteiger charge is -2.33. The topological polar surface area (TPSA) is 52.6 Å². The number of aliphatic hydroxyl groups is 1. The van der Waals surface area contributed by atoms with Gasteiger partial charge in [-0.1, -0.05) is 0 Å². The second-order valence-electron chi connectivity index (χ2n) is 3.86. The molecule has 0 saturated heterocycles. The van der Waals surface area contributed by atoms with E-state index < -0.39 is 17.7 Å². The molecule has 6 heteroatoms. The molecule has 17 heavy (non-hydrogen) atoms. The van der Waals surface area contributed by atoms with Gasteiger partial charge in [-0.15, -0.1) is 0 Å². The minimum atomic E-state index is -1.02. The van der Waals surface area contributed by atoms with Gasteiger partial charge in [0, 0.05) is 18.7 Å².